The topological polar surface area (TPSA) is 81.4 Å². The van der Waals surface area contributed by atoms with Crippen molar-refractivity contribution in [2.45, 2.75) is 19.4 Å². The quantitative estimate of drug-likeness (QED) is 0.586. The molecule has 0 aromatic heterocycles. The first-order chi connectivity index (χ1) is 11.5. The molecule has 1 atom stereocenters. The molecule has 3 N–H and O–H groups in total. The number of hydrogen-bond donors (Lipinski definition) is 2. The Morgan fingerprint density at radius 1 is 1.17 bits per heavy atom. The predicted molar refractivity (Wildman–Crippen MR) is 96.6 cm³/mol. The zero-order valence-electron chi connectivity index (χ0n) is 13.3. The average molecular weight is 391 g/mol. The van der Waals surface area contributed by atoms with E-state index in [1.807, 2.05) is 18.2 Å². The monoisotopic (exact) mass is 390 g/mol. The Hall–Kier alpha value is -2.34. The summed E-state index contributed by atoms with van der Waals surface area (Å²) in [6.45, 7) is 1.98. The second-order valence-corrected chi connectivity index (χ2v) is 6.06. The van der Waals surface area contributed by atoms with E-state index in [9.17, 15) is 9.59 Å². The van der Waals surface area contributed by atoms with Crippen molar-refractivity contribution < 1.29 is 14.3 Å². The molecular weight excluding hydrogens is 372 g/mol. The molecule has 0 aliphatic rings. The SMILES string of the molecule is CCOC(=O)[C@H](Cc1ccc(N)cc1)NC(=O)c1ccccc1Br. The van der Waals surface area contributed by atoms with E-state index >= 15 is 0 Å². The van der Waals surface area contributed by atoms with E-state index in [0.717, 1.165) is 5.56 Å². The number of hydrogen-bond acceptors (Lipinski definition) is 4. The van der Waals surface area contributed by atoms with Gasteiger partial charge < -0.3 is 15.8 Å². The summed E-state index contributed by atoms with van der Waals surface area (Å²) >= 11 is 3.34. The minimum absolute atomic E-state index is 0.252. The number of carbonyl (C=O) groups is 2. The molecule has 0 radical (unpaired) electrons. The van der Waals surface area contributed by atoms with Gasteiger partial charge in [0.25, 0.3) is 5.91 Å². The summed E-state index contributed by atoms with van der Waals surface area (Å²) in [4.78, 5) is 24.7. The van der Waals surface area contributed by atoms with Crippen molar-refractivity contribution in [1.29, 1.82) is 0 Å². The van der Waals surface area contributed by atoms with Crippen molar-refractivity contribution in [3.05, 3.63) is 64.1 Å². The molecule has 2 rings (SSSR count). The molecule has 24 heavy (non-hydrogen) atoms. The molecule has 0 aliphatic heterocycles. The number of nitrogen functional groups attached to an aromatic ring is 1. The maximum Gasteiger partial charge on any atom is 0.328 e. The van der Waals surface area contributed by atoms with Crippen molar-refractivity contribution in [1.82, 2.24) is 5.32 Å². The van der Waals surface area contributed by atoms with Crippen molar-refractivity contribution in [2.24, 2.45) is 0 Å². The summed E-state index contributed by atoms with van der Waals surface area (Å²) in [7, 11) is 0. The highest BCUT2D eigenvalue weighted by atomic mass is 79.9. The van der Waals surface area contributed by atoms with Crippen LogP contribution in [-0.4, -0.2) is 24.5 Å². The van der Waals surface area contributed by atoms with E-state index in [1.54, 1.807) is 37.3 Å². The summed E-state index contributed by atoms with van der Waals surface area (Å²) in [5, 5.41) is 2.75. The number of rotatable bonds is 6. The molecule has 126 valence electrons. The number of nitrogens with two attached hydrogens (primary N) is 1. The number of ether oxygens (including phenoxy) is 1. The van der Waals surface area contributed by atoms with Gasteiger partial charge in [-0.1, -0.05) is 24.3 Å². The van der Waals surface area contributed by atoms with E-state index in [4.69, 9.17) is 10.5 Å². The Morgan fingerprint density at radius 2 is 1.83 bits per heavy atom. The molecule has 6 heteroatoms. The predicted octanol–water partition coefficient (Wildman–Crippen LogP) is 2.94. The van der Waals surface area contributed by atoms with Gasteiger partial charge >= 0.3 is 5.97 Å². The van der Waals surface area contributed by atoms with Crippen LogP contribution in [-0.2, 0) is 16.0 Å². The smallest absolute Gasteiger partial charge is 0.328 e. The number of benzene rings is 2. The number of nitrogens with one attached hydrogen (secondary N) is 1. The second-order valence-electron chi connectivity index (χ2n) is 5.20. The zero-order chi connectivity index (χ0) is 17.5. The minimum atomic E-state index is -0.770. The van der Waals surface area contributed by atoms with Gasteiger partial charge in [0.1, 0.15) is 6.04 Å². The van der Waals surface area contributed by atoms with Crippen LogP contribution in [0.25, 0.3) is 0 Å². The standard InChI is InChI=1S/C18H19BrN2O3/c1-2-24-18(23)16(11-12-7-9-13(20)10-8-12)21-17(22)14-5-3-4-6-15(14)19/h3-10,16H,2,11,20H2,1H3,(H,21,22)/t16-/m0/s1. The van der Waals surface area contributed by atoms with Gasteiger partial charge in [-0.15, -0.1) is 0 Å². The zero-order valence-corrected chi connectivity index (χ0v) is 14.9. The summed E-state index contributed by atoms with van der Waals surface area (Å²) in [5.41, 5.74) is 7.66. The normalized spacial score (nSPS) is 11.6. The highest BCUT2D eigenvalue weighted by Gasteiger charge is 2.23. The third-order valence-corrected chi connectivity index (χ3v) is 4.11. The summed E-state index contributed by atoms with van der Waals surface area (Å²) in [5.74, 6) is -0.800. The Bertz CT molecular complexity index is 716. The van der Waals surface area contributed by atoms with Gasteiger partial charge in [0, 0.05) is 16.6 Å². The Balaban J connectivity index is 2.16. The van der Waals surface area contributed by atoms with E-state index < -0.39 is 12.0 Å². The molecule has 0 saturated heterocycles. The molecule has 2 aromatic carbocycles. The fraction of sp³-hybridized carbons (Fsp3) is 0.222. The number of amides is 1. The van der Waals surface area contributed by atoms with Crippen LogP contribution in [0.1, 0.15) is 22.8 Å². The van der Waals surface area contributed by atoms with Crippen molar-refractivity contribution in [2.75, 3.05) is 12.3 Å². The first-order valence-electron chi connectivity index (χ1n) is 7.57. The second kappa shape index (κ2) is 8.49. The van der Waals surface area contributed by atoms with Crippen LogP contribution in [0.5, 0.6) is 0 Å². The van der Waals surface area contributed by atoms with E-state index in [1.165, 1.54) is 0 Å². The molecule has 0 saturated carbocycles. The first kappa shape index (κ1) is 18.0. The average Bonchev–Trinajstić information content (AvgIpc) is 2.56. The summed E-state index contributed by atoms with van der Waals surface area (Å²) < 4.78 is 5.74. The Kier molecular flexibility index (Phi) is 6.37. The molecule has 0 bridgehead atoms. The Labute approximate surface area is 149 Å². The third kappa shape index (κ3) is 4.83. The molecular formula is C18H19BrN2O3. The van der Waals surface area contributed by atoms with Gasteiger partial charge in [0.15, 0.2) is 0 Å². The van der Waals surface area contributed by atoms with Crippen molar-refractivity contribution >= 4 is 33.5 Å². The van der Waals surface area contributed by atoms with Gasteiger partial charge in [-0.05, 0) is 52.7 Å². The van der Waals surface area contributed by atoms with Crippen LogP contribution in [0.3, 0.4) is 0 Å². The molecule has 0 spiro atoms. The largest absolute Gasteiger partial charge is 0.464 e. The number of esters is 1. The fourth-order valence-electron chi connectivity index (χ4n) is 2.21. The molecule has 0 aliphatic carbocycles. The summed E-state index contributed by atoms with van der Waals surface area (Å²) in [6.07, 6.45) is 0.329. The van der Waals surface area contributed by atoms with Crippen molar-refractivity contribution in [3.8, 4) is 0 Å². The lowest BCUT2D eigenvalue weighted by molar-refractivity contribution is -0.145. The van der Waals surface area contributed by atoms with Gasteiger partial charge in [-0.25, -0.2) is 4.79 Å². The lowest BCUT2D eigenvalue weighted by Gasteiger charge is -2.18. The van der Waals surface area contributed by atoms with Crippen LogP contribution in [0, 0.1) is 0 Å². The van der Waals surface area contributed by atoms with Crippen LogP contribution in [0.2, 0.25) is 0 Å². The molecule has 0 unspecified atom stereocenters. The van der Waals surface area contributed by atoms with E-state index in [0.29, 0.717) is 22.1 Å². The number of halogens is 1. The lowest BCUT2D eigenvalue weighted by Crippen LogP contribution is -2.43. The first-order valence-corrected chi connectivity index (χ1v) is 8.37. The highest BCUT2D eigenvalue weighted by Crippen LogP contribution is 2.16. The Morgan fingerprint density at radius 3 is 2.46 bits per heavy atom. The maximum atomic E-state index is 12.5. The van der Waals surface area contributed by atoms with Crippen LogP contribution >= 0.6 is 15.9 Å². The summed E-state index contributed by atoms with van der Waals surface area (Å²) in [6, 6.07) is 13.4. The fourth-order valence-corrected chi connectivity index (χ4v) is 2.67. The van der Waals surface area contributed by atoms with E-state index in [2.05, 4.69) is 21.2 Å². The number of anilines is 1. The molecule has 1 amide bonds. The van der Waals surface area contributed by atoms with Crippen LogP contribution in [0.4, 0.5) is 5.69 Å². The molecule has 0 heterocycles. The maximum absolute atomic E-state index is 12.5. The highest BCUT2D eigenvalue weighted by molar-refractivity contribution is 9.10. The van der Waals surface area contributed by atoms with Crippen LogP contribution < -0.4 is 11.1 Å². The van der Waals surface area contributed by atoms with Gasteiger partial charge in [-0.2, -0.15) is 0 Å². The van der Waals surface area contributed by atoms with Gasteiger partial charge in [0.05, 0.1) is 12.2 Å². The third-order valence-electron chi connectivity index (χ3n) is 3.41. The molecule has 5 nitrogen and oxygen atoms in total. The van der Waals surface area contributed by atoms with Crippen molar-refractivity contribution in [3.63, 3.8) is 0 Å². The molecule has 0 fully saturated rings. The molecule has 2 aromatic rings. The van der Waals surface area contributed by atoms with E-state index in [-0.39, 0.29) is 12.5 Å². The minimum Gasteiger partial charge on any atom is -0.464 e. The van der Waals surface area contributed by atoms with Gasteiger partial charge in [0.2, 0.25) is 0 Å². The number of carbonyl (C=O) groups excluding carboxylic acids is 2. The van der Waals surface area contributed by atoms with Crippen LogP contribution in [0.15, 0.2) is 53.0 Å². The van der Waals surface area contributed by atoms with Gasteiger partial charge in [-0.3, -0.25) is 4.79 Å². The lowest BCUT2D eigenvalue weighted by atomic mass is 10.0.